The molecule has 1 atom stereocenters. The van der Waals surface area contributed by atoms with Crippen LogP contribution in [0, 0.1) is 0 Å². The predicted molar refractivity (Wildman–Crippen MR) is 67.7 cm³/mol. The summed E-state index contributed by atoms with van der Waals surface area (Å²) in [7, 11) is 0. The van der Waals surface area contributed by atoms with Crippen LogP contribution in [-0.2, 0) is 0 Å². The molecule has 1 unspecified atom stereocenters. The highest BCUT2D eigenvalue weighted by Crippen LogP contribution is 2.32. The molecule has 2 rings (SSSR count). The summed E-state index contributed by atoms with van der Waals surface area (Å²) in [5.74, 6) is 5.56. The Balaban J connectivity index is 2.46. The van der Waals surface area contributed by atoms with Gasteiger partial charge in [-0.05, 0) is 23.3 Å². The number of aromatic nitrogens is 2. The zero-order valence-corrected chi connectivity index (χ0v) is 10.3. The van der Waals surface area contributed by atoms with E-state index in [9.17, 15) is 0 Å². The number of halogens is 2. The van der Waals surface area contributed by atoms with E-state index in [-0.39, 0.29) is 6.04 Å². The highest BCUT2D eigenvalue weighted by atomic mass is 35.5. The van der Waals surface area contributed by atoms with Crippen LogP contribution in [0.2, 0.25) is 10.0 Å². The summed E-state index contributed by atoms with van der Waals surface area (Å²) in [6.07, 6.45) is 3.22. The summed E-state index contributed by atoms with van der Waals surface area (Å²) >= 11 is 12.1. The second-order valence-electron chi connectivity index (χ2n) is 3.42. The monoisotopic (exact) mass is 268 g/mol. The van der Waals surface area contributed by atoms with E-state index in [4.69, 9.17) is 29.0 Å². The maximum absolute atomic E-state index is 6.15. The van der Waals surface area contributed by atoms with Gasteiger partial charge in [-0.15, -0.1) is 0 Å². The molecule has 0 amide bonds. The molecule has 0 aliphatic heterocycles. The molecule has 0 saturated heterocycles. The quantitative estimate of drug-likeness (QED) is 0.663. The number of benzene rings is 1. The Morgan fingerprint density at radius 2 is 2.00 bits per heavy atom. The van der Waals surface area contributed by atoms with Crippen LogP contribution in [0.25, 0.3) is 0 Å². The van der Waals surface area contributed by atoms with Crippen molar-refractivity contribution in [3.63, 3.8) is 0 Å². The molecule has 88 valence electrons. The van der Waals surface area contributed by atoms with Gasteiger partial charge in [0.1, 0.15) is 0 Å². The van der Waals surface area contributed by atoms with Gasteiger partial charge >= 0.3 is 0 Å². The number of hydrogen-bond donors (Lipinski definition) is 2. The molecule has 6 heteroatoms. The number of rotatable bonds is 3. The Labute approximate surface area is 109 Å². The van der Waals surface area contributed by atoms with Crippen molar-refractivity contribution >= 4 is 23.2 Å². The summed E-state index contributed by atoms with van der Waals surface area (Å²) in [4.78, 5) is 0. The van der Waals surface area contributed by atoms with Gasteiger partial charge in [-0.2, -0.15) is 10.2 Å². The normalized spacial score (nSPS) is 12.4. The zero-order chi connectivity index (χ0) is 12.3. The molecule has 0 aliphatic carbocycles. The number of nitrogens with two attached hydrogens (primary N) is 1. The van der Waals surface area contributed by atoms with E-state index < -0.39 is 0 Å². The molecule has 0 fully saturated rings. The Morgan fingerprint density at radius 1 is 1.18 bits per heavy atom. The van der Waals surface area contributed by atoms with Gasteiger partial charge in [0, 0.05) is 6.20 Å². The lowest BCUT2D eigenvalue weighted by atomic mass is 10.0. The van der Waals surface area contributed by atoms with Crippen LogP contribution in [-0.4, -0.2) is 10.2 Å². The van der Waals surface area contributed by atoms with Gasteiger partial charge in [-0.1, -0.05) is 35.3 Å². The number of nitrogens with zero attached hydrogens (tertiary/aromatic N) is 2. The average Bonchev–Trinajstić information content (AvgIpc) is 2.37. The van der Waals surface area contributed by atoms with Gasteiger partial charge in [-0.3, -0.25) is 5.84 Å². The molecule has 2 aromatic rings. The molecular formula is C11H10Cl2N4. The third-order valence-electron chi connectivity index (χ3n) is 2.40. The van der Waals surface area contributed by atoms with E-state index in [2.05, 4.69) is 15.6 Å². The Morgan fingerprint density at radius 3 is 2.65 bits per heavy atom. The second-order valence-corrected chi connectivity index (χ2v) is 4.20. The van der Waals surface area contributed by atoms with Crippen molar-refractivity contribution < 1.29 is 0 Å². The maximum Gasteiger partial charge on any atom is 0.0741 e. The summed E-state index contributed by atoms with van der Waals surface area (Å²) in [5, 5.41) is 8.50. The van der Waals surface area contributed by atoms with Gasteiger partial charge in [0.05, 0.1) is 22.3 Å². The fourth-order valence-electron chi connectivity index (χ4n) is 1.58. The van der Waals surface area contributed by atoms with Crippen LogP contribution < -0.4 is 11.3 Å². The van der Waals surface area contributed by atoms with Crippen molar-refractivity contribution in [2.45, 2.75) is 6.04 Å². The minimum Gasteiger partial charge on any atom is -0.271 e. The number of hydrogen-bond acceptors (Lipinski definition) is 4. The first-order chi connectivity index (χ1) is 8.24. The van der Waals surface area contributed by atoms with Crippen LogP contribution in [0.4, 0.5) is 0 Å². The van der Waals surface area contributed by atoms with Crippen molar-refractivity contribution in [1.29, 1.82) is 0 Å². The Hall–Kier alpha value is -1.20. The number of hydrazine groups is 1. The zero-order valence-electron chi connectivity index (χ0n) is 8.77. The third-order valence-corrected chi connectivity index (χ3v) is 3.23. The summed E-state index contributed by atoms with van der Waals surface area (Å²) in [6, 6.07) is 6.96. The molecule has 0 spiro atoms. The van der Waals surface area contributed by atoms with Crippen molar-refractivity contribution in [1.82, 2.24) is 15.6 Å². The lowest BCUT2D eigenvalue weighted by Gasteiger charge is -2.17. The van der Waals surface area contributed by atoms with Gasteiger partial charge in [0.2, 0.25) is 0 Å². The molecule has 1 aromatic carbocycles. The lowest BCUT2D eigenvalue weighted by Crippen LogP contribution is -2.29. The van der Waals surface area contributed by atoms with Crippen LogP contribution in [0.1, 0.15) is 17.2 Å². The van der Waals surface area contributed by atoms with Crippen LogP contribution in [0.5, 0.6) is 0 Å². The van der Waals surface area contributed by atoms with Crippen molar-refractivity contribution in [3.05, 3.63) is 57.8 Å². The second kappa shape index (κ2) is 5.42. The van der Waals surface area contributed by atoms with E-state index in [1.54, 1.807) is 18.5 Å². The molecule has 0 bridgehead atoms. The molecule has 0 radical (unpaired) electrons. The first-order valence-corrected chi connectivity index (χ1v) is 5.66. The largest absolute Gasteiger partial charge is 0.271 e. The van der Waals surface area contributed by atoms with Crippen LogP contribution >= 0.6 is 23.2 Å². The summed E-state index contributed by atoms with van der Waals surface area (Å²) in [6.45, 7) is 0. The van der Waals surface area contributed by atoms with E-state index >= 15 is 0 Å². The van der Waals surface area contributed by atoms with Crippen molar-refractivity contribution in [3.8, 4) is 0 Å². The van der Waals surface area contributed by atoms with Crippen LogP contribution in [0.15, 0.2) is 36.7 Å². The SMILES string of the molecule is NNC(c1ccnnc1)c1cccc(Cl)c1Cl. The first kappa shape index (κ1) is 12.3. The Kier molecular flexibility index (Phi) is 3.91. The van der Waals surface area contributed by atoms with Gasteiger partial charge in [-0.25, -0.2) is 5.43 Å². The first-order valence-electron chi connectivity index (χ1n) is 4.90. The fourth-order valence-corrected chi connectivity index (χ4v) is 2.00. The highest BCUT2D eigenvalue weighted by Gasteiger charge is 2.17. The highest BCUT2D eigenvalue weighted by molar-refractivity contribution is 6.42. The lowest BCUT2D eigenvalue weighted by molar-refractivity contribution is 0.632. The van der Waals surface area contributed by atoms with E-state index in [0.717, 1.165) is 11.1 Å². The minimum atomic E-state index is -0.267. The molecule has 1 heterocycles. The van der Waals surface area contributed by atoms with E-state index in [1.165, 1.54) is 0 Å². The molecule has 0 aliphatic rings. The van der Waals surface area contributed by atoms with Gasteiger partial charge < -0.3 is 0 Å². The van der Waals surface area contributed by atoms with Crippen LogP contribution in [0.3, 0.4) is 0 Å². The number of nitrogens with one attached hydrogen (secondary N) is 1. The third kappa shape index (κ3) is 2.56. The van der Waals surface area contributed by atoms with E-state index in [1.807, 2.05) is 18.2 Å². The molecule has 4 nitrogen and oxygen atoms in total. The molecule has 3 N–H and O–H groups in total. The minimum absolute atomic E-state index is 0.267. The summed E-state index contributed by atoms with van der Waals surface area (Å²) in [5.41, 5.74) is 4.36. The molecule has 17 heavy (non-hydrogen) atoms. The topological polar surface area (TPSA) is 63.8 Å². The standard InChI is InChI=1S/C11H10Cl2N4/c12-9-3-1-2-8(10(9)13)11(17-14)7-4-5-15-16-6-7/h1-6,11,17H,14H2. The van der Waals surface area contributed by atoms with Gasteiger partial charge in [0.25, 0.3) is 0 Å². The fraction of sp³-hybridized carbons (Fsp3) is 0.0909. The maximum atomic E-state index is 6.15. The van der Waals surface area contributed by atoms with Crippen molar-refractivity contribution in [2.24, 2.45) is 5.84 Å². The molecule has 0 saturated carbocycles. The molecular weight excluding hydrogens is 259 g/mol. The average molecular weight is 269 g/mol. The summed E-state index contributed by atoms with van der Waals surface area (Å²) < 4.78 is 0. The predicted octanol–water partition coefficient (Wildman–Crippen LogP) is 2.34. The molecule has 1 aromatic heterocycles. The Bertz CT molecular complexity index is 504. The van der Waals surface area contributed by atoms with Crippen molar-refractivity contribution in [2.75, 3.05) is 0 Å². The smallest absolute Gasteiger partial charge is 0.0741 e. The van der Waals surface area contributed by atoms with E-state index in [0.29, 0.717) is 10.0 Å². The van der Waals surface area contributed by atoms with Gasteiger partial charge in [0.15, 0.2) is 0 Å².